The number of hydrogen-bond acceptors (Lipinski definition) is 3. The van der Waals surface area contributed by atoms with E-state index in [-0.39, 0.29) is 13.0 Å². The zero-order chi connectivity index (χ0) is 13.6. The van der Waals surface area contributed by atoms with Crippen LogP contribution in [0.2, 0.25) is 0 Å². The van der Waals surface area contributed by atoms with Crippen LogP contribution in [-0.4, -0.2) is 25.7 Å². The number of nitrogens with one attached hydrogen (secondary N) is 1. The van der Waals surface area contributed by atoms with Gasteiger partial charge in [-0.3, -0.25) is 4.79 Å². The van der Waals surface area contributed by atoms with E-state index in [2.05, 4.69) is 0 Å². The van der Waals surface area contributed by atoms with Crippen LogP contribution in [0.15, 0.2) is 30.3 Å². The van der Waals surface area contributed by atoms with Crippen molar-refractivity contribution < 1.29 is 13.2 Å². The first-order chi connectivity index (χ1) is 8.45. The molecule has 0 aliphatic rings. The maximum Gasteiger partial charge on any atom is 0.303 e. The monoisotopic (exact) mass is 270 g/mol. The van der Waals surface area contributed by atoms with E-state index in [1.807, 2.05) is 42.0 Å². The van der Waals surface area contributed by atoms with Crippen molar-refractivity contribution in [3.63, 3.8) is 0 Å². The zero-order valence-corrected chi connectivity index (χ0v) is 11.4. The molecule has 0 fully saturated rings. The summed E-state index contributed by atoms with van der Waals surface area (Å²) in [7, 11) is -2.31. The van der Waals surface area contributed by atoms with Crippen molar-refractivity contribution >= 4 is 16.1 Å². The highest BCUT2D eigenvalue weighted by atomic mass is 32.2. The molecule has 0 spiro atoms. The van der Waals surface area contributed by atoms with Crippen molar-refractivity contribution in [3.8, 4) is 0 Å². The molecule has 0 radical (unpaired) electrons. The number of hydrogen-bond donors (Lipinski definition) is 1. The highest BCUT2D eigenvalue weighted by Gasteiger charge is 2.19. The van der Waals surface area contributed by atoms with Crippen LogP contribution in [0.3, 0.4) is 0 Å². The largest absolute Gasteiger partial charge is 0.303 e. The Balaban J connectivity index is 2.65. The van der Waals surface area contributed by atoms with Gasteiger partial charge in [0.1, 0.15) is 0 Å². The molecule has 0 atom stereocenters. The van der Waals surface area contributed by atoms with E-state index >= 15 is 0 Å². The van der Waals surface area contributed by atoms with E-state index < -0.39 is 16.1 Å². The second-order valence-corrected chi connectivity index (χ2v) is 5.80. The Morgan fingerprint density at radius 2 is 1.89 bits per heavy atom. The fraction of sp³-hybridized carbons (Fsp3) is 0.417. The molecule has 0 unspecified atom stereocenters. The molecule has 6 heteroatoms. The molecule has 5 nitrogen and oxygen atoms in total. The van der Waals surface area contributed by atoms with E-state index in [1.54, 1.807) is 0 Å². The first kappa shape index (κ1) is 14.7. The fourth-order valence-electron chi connectivity index (χ4n) is 1.43. The molecule has 1 N–H and O–H groups in total. The van der Waals surface area contributed by atoms with E-state index in [0.29, 0.717) is 6.42 Å². The molecule has 100 valence electrons. The van der Waals surface area contributed by atoms with Crippen LogP contribution in [-0.2, 0) is 21.5 Å². The van der Waals surface area contributed by atoms with Gasteiger partial charge in [0.15, 0.2) is 0 Å². The summed E-state index contributed by atoms with van der Waals surface area (Å²) in [4.78, 5) is 11.3. The summed E-state index contributed by atoms with van der Waals surface area (Å²) >= 11 is 0. The SMILES string of the molecule is CCCC(=O)NS(=O)(=O)N(C)Cc1ccccc1. The normalized spacial score (nSPS) is 11.5. The molecule has 1 aromatic carbocycles. The molecule has 1 rings (SSSR count). The average Bonchev–Trinajstić information content (AvgIpc) is 2.29. The predicted octanol–water partition coefficient (Wildman–Crippen LogP) is 1.28. The Morgan fingerprint density at radius 1 is 1.28 bits per heavy atom. The maximum absolute atomic E-state index is 11.8. The number of amides is 1. The molecule has 0 aliphatic heterocycles. The van der Waals surface area contributed by atoms with E-state index in [9.17, 15) is 13.2 Å². The third-order valence-corrected chi connectivity index (χ3v) is 3.81. The molecule has 0 heterocycles. The van der Waals surface area contributed by atoms with E-state index in [0.717, 1.165) is 9.87 Å². The summed E-state index contributed by atoms with van der Waals surface area (Å²) in [5.74, 6) is -0.475. The Hall–Kier alpha value is -1.40. The number of carbonyl (C=O) groups is 1. The van der Waals surface area contributed by atoms with Crippen molar-refractivity contribution in [2.24, 2.45) is 0 Å². The molecule has 0 saturated heterocycles. The molecular formula is C12H18N2O3S. The minimum Gasteiger partial charge on any atom is -0.274 e. The Bertz CT molecular complexity index is 485. The van der Waals surface area contributed by atoms with Gasteiger partial charge in [0.25, 0.3) is 0 Å². The number of benzene rings is 1. The number of nitrogens with zero attached hydrogens (tertiary/aromatic N) is 1. The highest BCUT2D eigenvalue weighted by molar-refractivity contribution is 7.87. The molecular weight excluding hydrogens is 252 g/mol. The van der Waals surface area contributed by atoms with Crippen molar-refractivity contribution in [1.29, 1.82) is 0 Å². The Labute approximate surface area is 108 Å². The molecule has 1 aromatic rings. The minimum absolute atomic E-state index is 0.207. The van der Waals surface area contributed by atoms with Crippen LogP contribution in [0.25, 0.3) is 0 Å². The first-order valence-corrected chi connectivity index (χ1v) is 7.20. The van der Waals surface area contributed by atoms with E-state index in [4.69, 9.17) is 0 Å². The van der Waals surface area contributed by atoms with Crippen molar-refractivity contribution in [2.75, 3.05) is 7.05 Å². The molecule has 0 aliphatic carbocycles. The van der Waals surface area contributed by atoms with Crippen LogP contribution < -0.4 is 4.72 Å². The summed E-state index contributed by atoms with van der Waals surface area (Å²) < 4.78 is 26.8. The van der Waals surface area contributed by atoms with Gasteiger partial charge < -0.3 is 0 Å². The maximum atomic E-state index is 11.8. The third-order valence-electron chi connectivity index (χ3n) is 2.38. The lowest BCUT2D eigenvalue weighted by Crippen LogP contribution is -2.40. The van der Waals surface area contributed by atoms with Crippen molar-refractivity contribution in [3.05, 3.63) is 35.9 Å². The first-order valence-electron chi connectivity index (χ1n) is 5.76. The smallest absolute Gasteiger partial charge is 0.274 e. The van der Waals surface area contributed by atoms with Crippen molar-refractivity contribution in [1.82, 2.24) is 9.03 Å². The number of carbonyl (C=O) groups excluding carboxylic acids is 1. The lowest BCUT2D eigenvalue weighted by molar-refractivity contribution is -0.119. The van der Waals surface area contributed by atoms with Crippen molar-refractivity contribution in [2.45, 2.75) is 26.3 Å². The summed E-state index contributed by atoms with van der Waals surface area (Å²) in [6.45, 7) is 2.05. The number of rotatable bonds is 6. The van der Waals surface area contributed by atoms with Gasteiger partial charge in [-0.15, -0.1) is 0 Å². The second kappa shape index (κ2) is 6.51. The van der Waals surface area contributed by atoms with Crippen LogP contribution in [0.1, 0.15) is 25.3 Å². The third kappa shape index (κ3) is 4.46. The predicted molar refractivity (Wildman–Crippen MR) is 69.9 cm³/mol. The van der Waals surface area contributed by atoms with Gasteiger partial charge in [-0.25, -0.2) is 4.72 Å². The van der Waals surface area contributed by atoms with Gasteiger partial charge in [0.2, 0.25) is 5.91 Å². The second-order valence-electron chi connectivity index (χ2n) is 4.02. The van der Waals surface area contributed by atoms with Gasteiger partial charge in [0.05, 0.1) is 0 Å². The highest BCUT2D eigenvalue weighted by Crippen LogP contribution is 2.05. The lowest BCUT2D eigenvalue weighted by Gasteiger charge is -2.17. The molecule has 0 saturated carbocycles. The molecule has 0 aromatic heterocycles. The van der Waals surface area contributed by atoms with Gasteiger partial charge in [-0.2, -0.15) is 12.7 Å². The standard InChI is InChI=1S/C12H18N2O3S/c1-3-7-12(15)13-18(16,17)14(2)10-11-8-5-4-6-9-11/h4-6,8-9H,3,7,10H2,1-2H3,(H,13,15). The molecule has 1 amide bonds. The summed E-state index contributed by atoms with van der Waals surface area (Å²) in [5, 5.41) is 0. The van der Waals surface area contributed by atoms with Crippen LogP contribution in [0.5, 0.6) is 0 Å². The Kier molecular flexibility index (Phi) is 5.30. The van der Waals surface area contributed by atoms with Gasteiger partial charge in [-0.1, -0.05) is 37.3 Å². The quantitative estimate of drug-likeness (QED) is 0.846. The van der Waals surface area contributed by atoms with Crippen LogP contribution in [0, 0.1) is 0 Å². The molecule has 0 bridgehead atoms. The average molecular weight is 270 g/mol. The van der Waals surface area contributed by atoms with Crippen LogP contribution >= 0.6 is 0 Å². The minimum atomic E-state index is -3.75. The molecule has 18 heavy (non-hydrogen) atoms. The lowest BCUT2D eigenvalue weighted by atomic mass is 10.2. The fourth-order valence-corrected chi connectivity index (χ4v) is 2.29. The zero-order valence-electron chi connectivity index (χ0n) is 10.6. The Morgan fingerprint density at radius 3 is 2.44 bits per heavy atom. The van der Waals surface area contributed by atoms with Gasteiger partial charge in [-0.05, 0) is 12.0 Å². The van der Waals surface area contributed by atoms with Gasteiger partial charge >= 0.3 is 10.2 Å². The van der Waals surface area contributed by atoms with Gasteiger partial charge in [0, 0.05) is 20.0 Å². The van der Waals surface area contributed by atoms with Crippen LogP contribution in [0.4, 0.5) is 0 Å². The topological polar surface area (TPSA) is 66.5 Å². The van der Waals surface area contributed by atoms with E-state index in [1.165, 1.54) is 7.05 Å². The summed E-state index contributed by atoms with van der Waals surface area (Å²) in [6, 6.07) is 9.21. The summed E-state index contributed by atoms with van der Waals surface area (Å²) in [6.07, 6.45) is 0.822. The summed E-state index contributed by atoms with van der Waals surface area (Å²) in [5.41, 5.74) is 0.869.